The molecule has 0 spiro atoms. The highest BCUT2D eigenvalue weighted by Gasteiger charge is 2.09. The summed E-state index contributed by atoms with van der Waals surface area (Å²) in [5, 5.41) is 5.76. The summed E-state index contributed by atoms with van der Waals surface area (Å²) in [6.45, 7) is 2.49. The van der Waals surface area contributed by atoms with Crippen LogP contribution in [0.4, 0.5) is 0 Å². The van der Waals surface area contributed by atoms with E-state index in [0.717, 1.165) is 21.8 Å². The van der Waals surface area contributed by atoms with Crippen LogP contribution in [0.15, 0.2) is 48.0 Å². The van der Waals surface area contributed by atoms with Crippen molar-refractivity contribution in [2.45, 2.75) is 19.9 Å². The van der Waals surface area contributed by atoms with Crippen LogP contribution in [0, 0.1) is 6.92 Å². The normalized spacial score (nSPS) is 10.5. The Balaban J connectivity index is 1.57. The average molecular weight is 353 g/mol. The molecule has 2 aromatic heterocycles. The number of amides is 1. The predicted octanol–water partition coefficient (Wildman–Crippen LogP) is 3.38. The van der Waals surface area contributed by atoms with Crippen molar-refractivity contribution >= 4 is 17.2 Å². The van der Waals surface area contributed by atoms with Crippen LogP contribution in [-0.4, -0.2) is 23.0 Å². The monoisotopic (exact) mass is 353 g/mol. The number of benzene rings is 1. The zero-order valence-electron chi connectivity index (χ0n) is 14.2. The van der Waals surface area contributed by atoms with Crippen LogP contribution in [0.5, 0.6) is 5.88 Å². The standard InChI is InChI=1S/C19H19N3O2S/c1-13-3-5-15(6-4-13)19-22-16(12-25-19)10-17(23)21-11-14-7-8-20-18(9-14)24-2/h3-9,12H,10-11H2,1-2H3,(H,21,23). The number of methoxy groups -OCH3 is 1. The minimum Gasteiger partial charge on any atom is -0.481 e. The Morgan fingerprint density at radius 3 is 2.80 bits per heavy atom. The second-order valence-electron chi connectivity index (χ2n) is 5.67. The van der Waals surface area contributed by atoms with Crippen molar-refractivity contribution in [2.24, 2.45) is 0 Å². The predicted molar refractivity (Wildman–Crippen MR) is 98.6 cm³/mol. The second kappa shape index (κ2) is 7.90. The van der Waals surface area contributed by atoms with Crippen LogP contribution in [0.2, 0.25) is 0 Å². The lowest BCUT2D eigenvalue weighted by molar-refractivity contribution is -0.120. The van der Waals surface area contributed by atoms with E-state index in [0.29, 0.717) is 12.4 Å². The molecule has 0 radical (unpaired) electrons. The summed E-state index contributed by atoms with van der Waals surface area (Å²) in [6, 6.07) is 11.9. The minimum atomic E-state index is -0.0588. The first-order valence-corrected chi connectivity index (χ1v) is 8.79. The van der Waals surface area contributed by atoms with E-state index in [2.05, 4.69) is 46.5 Å². The van der Waals surface area contributed by atoms with E-state index >= 15 is 0 Å². The molecule has 0 aliphatic rings. The summed E-state index contributed by atoms with van der Waals surface area (Å²) in [7, 11) is 1.57. The topological polar surface area (TPSA) is 64.1 Å². The Labute approximate surface area is 150 Å². The molecule has 0 aliphatic heterocycles. The van der Waals surface area contributed by atoms with Gasteiger partial charge in [0, 0.05) is 29.8 Å². The van der Waals surface area contributed by atoms with Crippen molar-refractivity contribution in [3.8, 4) is 16.5 Å². The minimum absolute atomic E-state index is 0.0588. The molecule has 1 amide bonds. The number of carbonyl (C=O) groups excluding carboxylic acids is 1. The molecule has 25 heavy (non-hydrogen) atoms. The summed E-state index contributed by atoms with van der Waals surface area (Å²) < 4.78 is 5.08. The highest BCUT2D eigenvalue weighted by Crippen LogP contribution is 2.24. The number of nitrogens with one attached hydrogen (secondary N) is 1. The van der Waals surface area contributed by atoms with Crippen molar-refractivity contribution in [3.63, 3.8) is 0 Å². The van der Waals surface area contributed by atoms with Crippen LogP contribution in [0.1, 0.15) is 16.8 Å². The molecule has 0 bridgehead atoms. The van der Waals surface area contributed by atoms with Crippen molar-refractivity contribution in [3.05, 3.63) is 64.8 Å². The highest BCUT2D eigenvalue weighted by molar-refractivity contribution is 7.13. The molecule has 3 rings (SSSR count). The Morgan fingerprint density at radius 1 is 1.24 bits per heavy atom. The molecule has 0 atom stereocenters. The van der Waals surface area contributed by atoms with Gasteiger partial charge in [-0.15, -0.1) is 11.3 Å². The van der Waals surface area contributed by atoms with Gasteiger partial charge in [0.15, 0.2) is 0 Å². The maximum Gasteiger partial charge on any atom is 0.226 e. The maximum atomic E-state index is 12.1. The lowest BCUT2D eigenvalue weighted by Crippen LogP contribution is -2.24. The third-order valence-corrected chi connectivity index (χ3v) is 4.63. The fourth-order valence-corrected chi connectivity index (χ4v) is 3.14. The van der Waals surface area contributed by atoms with Gasteiger partial charge < -0.3 is 10.1 Å². The van der Waals surface area contributed by atoms with Crippen LogP contribution < -0.4 is 10.1 Å². The van der Waals surface area contributed by atoms with E-state index in [1.807, 2.05) is 11.4 Å². The van der Waals surface area contributed by atoms with Crippen molar-refractivity contribution < 1.29 is 9.53 Å². The number of ether oxygens (including phenoxy) is 1. The number of aryl methyl sites for hydroxylation is 1. The zero-order valence-corrected chi connectivity index (χ0v) is 15.0. The van der Waals surface area contributed by atoms with E-state index in [4.69, 9.17) is 4.74 Å². The summed E-state index contributed by atoms with van der Waals surface area (Å²) in [6.07, 6.45) is 1.93. The van der Waals surface area contributed by atoms with Crippen LogP contribution in [0.3, 0.4) is 0 Å². The molecule has 0 aliphatic carbocycles. The number of pyridine rings is 1. The van der Waals surface area contributed by atoms with Gasteiger partial charge in [-0.25, -0.2) is 9.97 Å². The number of hydrogen-bond donors (Lipinski definition) is 1. The SMILES string of the molecule is COc1cc(CNC(=O)Cc2csc(-c3ccc(C)cc3)n2)ccn1. The zero-order chi connectivity index (χ0) is 17.6. The molecule has 0 fully saturated rings. The summed E-state index contributed by atoms with van der Waals surface area (Å²) in [4.78, 5) is 20.7. The molecule has 128 valence electrons. The third-order valence-electron chi connectivity index (χ3n) is 3.69. The van der Waals surface area contributed by atoms with Gasteiger partial charge >= 0.3 is 0 Å². The second-order valence-corrected chi connectivity index (χ2v) is 6.53. The van der Waals surface area contributed by atoms with Gasteiger partial charge in [-0.2, -0.15) is 0 Å². The highest BCUT2D eigenvalue weighted by atomic mass is 32.1. The molecule has 0 saturated carbocycles. The Morgan fingerprint density at radius 2 is 2.04 bits per heavy atom. The van der Waals surface area contributed by atoms with Gasteiger partial charge in [0.2, 0.25) is 11.8 Å². The number of thiazole rings is 1. The van der Waals surface area contributed by atoms with Gasteiger partial charge in [-0.3, -0.25) is 4.79 Å². The van der Waals surface area contributed by atoms with Crippen molar-refractivity contribution in [1.82, 2.24) is 15.3 Å². The van der Waals surface area contributed by atoms with Crippen LogP contribution >= 0.6 is 11.3 Å². The molecule has 0 unspecified atom stereocenters. The van der Waals surface area contributed by atoms with Crippen LogP contribution in [0.25, 0.3) is 10.6 Å². The molecule has 2 heterocycles. The van der Waals surface area contributed by atoms with Gasteiger partial charge in [0.25, 0.3) is 0 Å². The molecule has 3 aromatic rings. The summed E-state index contributed by atoms with van der Waals surface area (Å²) in [5.41, 5.74) is 4.02. The largest absolute Gasteiger partial charge is 0.481 e. The van der Waals surface area contributed by atoms with E-state index in [1.54, 1.807) is 30.7 Å². The van der Waals surface area contributed by atoms with E-state index < -0.39 is 0 Å². The molecule has 1 aromatic carbocycles. The number of nitrogens with zero attached hydrogens (tertiary/aromatic N) is 2. The Bertz CT molecular complexity index is 859. The smallest absolute Gasteiger partial charge is 0.226 e. The molecular formula is C19H19N3O2S. The van der Waals surface area contributed by atoms with Gasteiger partial charge in [0.1, 0.15) is 5.01 Å². The van der Waals surface area contributed by atoms with E-state index in [-0.39, 0.29) is 12.3 Å². The van der Waals surface area contributed by atoms with Crippen LogP contribution in [-0.2, 0) is 17.8 Å². The first-order valence-electron chi connectivity index (χ1n) is 7.91. The molecule has 5 nitrogen and oxygen atoms in total. The molecule has 6 heteroatoms. The van der Waals surface area contributed by atoms with Gasteiger partial charge in [-0.1, -0.05) is 29.8 Å². The average Bonchev–Trinajstić information content (AvgIpc) is 3.09. The molecule has 0 saturated heterocycles. The number of carbonyl (C=O) groups is 1. The quantitative estimate of drug-likeness (QED) is 0.738. The summed E-state index contributed by atoms with van der Waals surface area (Å²) in [5.74, 6) is 0.477. The molecule has 1 N–H and O–H groups in total. The Kier molecular flexibility index (Phi) is 5.40. The van der Waals surface area contributed by atoms with E-state index in [9.17, 15) is 4.79 Å². The first-order chi connectivity index (χ1) is 12.1. The fraction of sp³-hybridized carbons (Fsp3) is 0.211. The lowest BCUT2D eigenvalue weighted by Gasteiger charge is -2.05. The summed E-state index contributed by atoms with van der Waals surface area (Å²) >= 11 is 1.55. The Hall–Kier alpha value is -2.73. The number of rotatable bonds is 6. The first kappa shape index (κ1) is 17.1. The molecular weight excluding hydrogens is 334 g/mol. The van der Waals surface area contributed by atoms with Gasteiger partial charge in [0.05, 0.1) is 19.2 Å². The lowest BCUT2D eigenvalue weighted by atomic mass is 10.2. The van der Waals surface area contributed by atoms with Crippen molar-refractivity contribution in [2.75, 3.05) is 7.11 Å². The number of hydrogen-bond acceptors (Lipinski definition) is 5. The number of aromatic nitrogens is 2. The third kappa shape index (κ3) is 4.64. The van der Waals surface area contributed by atoms with E-state index in [1.165, 1.54) is 5.56 Å². The van der Waals surface area contributed by atoms with Gasteiger partial charge in [-0.05, 0) is 18.6 Å². The maximum absolute atomic E-state index is 12.1. The van der Waals surface area contributed by atoms with Crippen molar-refractivity contribution in [1.29, 1.82) is 0 Å². The fourth-order valence-electron chi connectivity index (χ4n) is 2.32.